The summed E-state index contributed by atoms with van der Waals surface area (Å²) in [7, 11) is 3.23. The molecule has 0 spiro atoms. The number of nitrogen functional groups attached to an aromatic ring is 2. The van der Waals surface area contributed by atoms with Gasteiger partial charge in [0.2, 0.25) is 0 Å². The van der Waals surface area contributed by atoms with Gasteiger partial charge in [0, 0.05) is 44.2 Å². The van der Waals surface area contributed by atoms with Gasteiger partial charge in [-0.25, -0.2) is 0 Å². The van der Waals surface area contributed by atoms with E-state index in [-0.39, 0.29) is 18.1 Å². The molecule has 0 aromatic heterocycles. The second-order valence-electron chi connectivity index (χ2n) is 4.65. The molecule has 2 unspecified atom stereocenters. The van der Waals surface area contributed by atoms with E-state index in [0.717, 1.165) is 0 Å². The molecule has 1 aromatic carbocycles. The lowest BCUT2D eigenvalue weighted by atomic mass is 10.1. The number of carbonyl (C=O) groups is 1. The zero-order chi connectivity index (χ0) is 14.0. The number of amides is 1. The number of carbonyl (C=O) groups excluding carboxylic acids is 1. The summed E-state index contributed by atoms with van der Waals surface area (Å²) in [5, 5.41) is 0. The van der Waals surface area contributed by atoms with E-state index < -0.39 is 0 Å². The Labute approximate surface area is 112 Å². The molecule has 1 aliphatic heterocycles. The van der Waals surface area contributed by atoms with Crippen molar-refractivity contribution in [3.05, 3.63) is 23.8 Å². The van der Waals surface area contributed by atoms with E-state index in [4.69, 9.17) is 20.9 Å². The van der Waals surface area contributed by atoms with Gasteiger partial charge in [0.05, 0.1) is 0 Å². The van der Waals surface area contributed by atoms with Crippen molar-refractivity contribution in [2.45, 2.75) is 12.2 Å². The Morgan fingerprint density at radius 1 is 1.11 bits per heavy atom. The minimum absolute atomic E-state index is 0.104. The maximum atomic E-state index is 12.4. The molecule has 0 aliphatic carbocycles. The maximum absolute atomic E-state index is 12.4. The fourth-order valence-electron chi connectivity index (χ4n) is 2.35. The molecule has 1 amide bonds. The van der Waals surface area contributed by atoms with Crippen LogP contribution in [-0.4, -0.2) is 50.3 Å². The molecule has 6 nitrogen and oxygen atoms in total. The highest BCUT2D eigenvalue weighted by Gasteiger charge is 2.35. The SMILES string of the molecule is COC1CN(C(=O)c2cc(N)cc(N)c2)CC1OC. The number of benzene rings is 1. The molecule has 0 saturated carbocycles. The Kier molecular flexibility index (Phi) is 3.92. The lowest BCUT2D eigenvalue weighted by molar-refractivity contribution is -0.00461. The minimum atomic E-state index is -0.111. The van der Waals surface area contributed by atoms with E-state index in [2.05, 4.69) is 0 Å². The average molecular weight is 265 g/mol. The molecule has 1 fully saturated rings. The summed E-state index contributed by atoms with van der Waals surface area (Å²) < 4.78 is 10.6. The monoisotopic (exact) mass is 265 g/mol. The Morgan fingerprint density at radius 2 is 1.58 bits per heavy atom. The van der Waals surface area contributed by atoms with E-state index in [1.807, 2.05) is 0 Å². The molecule has 1 aromatic rings. The van der Waals surface area contributed by atoms with Crippen molar-refractivity contribution in [1.29, 1.82) is 0 Å². The van der Waals surface area contributed by atoms with Gasteiger partial charge in [0.15, 0.2) is 0 Å². The van der Waals surface area contributed by atoms with Crippen LogP contribution in [-0.2, 0) is 9.47 Å². The minimum Gasteiger partial charge on any atom is -0.399 e. The number of rotatable bonds is 3. The fraction of sp³-hybridized carbons (Fsp3) is 0.462. The number of likely N-dealkylation sites (tertiary alicyclic amines) is 1. The van der Waals surface area contributed by atoms with Crippen LogP contribution in [0.25, 0.3) is 0 Å². The topological polar surface area (TPSA) is 90.8 Å². The molecule has 0 bridgehead atoms. The van der Waals surface area contributed by atoms with Gasteiger partial charge in [-0.3, -0.25) is 4.79 Å². The quantitative estimate of drug-likeness (QED) is 0.769. The van der Waals surface area contributed by atoms with Crippen LogP contribution >= 0.6 is 0 Å². The van der Waals surface area contributed by atoms with Crippen molar-refractivity contribution in [2.75, 3.05) is 38.8 Å². The van der Waals surface area contributed by atoms with Crippen LogP contribution in [0.15, 0.2) is 18.2 Å². The Bertz CT molecular complexity index is 446. The van der Waals surface area contributed by atoms with Crippen molar-refractivity contribution in [3.8, 4) is 0 Å². The molecule has 4 N–H and O–H groups in total. The standard InChI is InChI=1S/C13H19N3O3/c1-18-11-6-16(7-12(11)19-2)13(17)8-3-9(14)5-10(15)4-8/h3-5,11-12H,6-7,14-15H2,1-2H3. The Hall–Kier alpha value is -1.79. The van der Waals surface area contributed by atoms with E-state index >= 15 is 0 Å². The first-order valence-corrected chi connectivity index (χ1v) is 6.06. The van der Waals surface area contributed by atoms with Crippen LogP contribution in [0.3, 0.4) is 0 Å². The van der Waals surface area contributed by atoms with Crippen molar-refractivity contribution < 1.29 is 14.3 Å². The normalized spacial score (nSPS) is 22.7. The number of anilines is 2. The predicted molar refractivity (Wildman–Crippen MR) is 72.8 cm³/mol. The zero-order valence-electron chi connectivity index (χ0n) is 11.1. The van der Waals surface area contributed by atoms with Crippen LogP contribution < -0.4 is 11.5 Å². The molecule has 0 radical (unpaired) electrons. The Morgan fingerprint density at radius 3 is 2.00 bits per heavy atom. The summed E-state index contributed by atoms with van der Waals surface area (Å²) in [5.74, 6) is -0.111. The van der Waals surface area contributed by atoms with Gasteiger partial charge in [-0.1, -0.05) is 0 Å². The smallest absolute Gasteiger partial charge is 0.254 e. The molecule has 6 heteroatoms. The van der Waals surface area contributed by atoms with Crippen molar-refractivity contribution >= 4 is 17.3 Å². The third-order valence-electron chi connectivity index (χ3n) is 3.33. The van der Waals surface area contributed by atoms with E-state index in [1.54, 1.807) is 37.3 Å². The van der Waals surface area contributed by atoms with E-state index in [0.29, 0.717) is 30.0 Å². The highest BCUT2D eigenvalue weighted by molar-refractivity contribution is 5.96. The Balaban J connectivity index is 2.16. The second kappa shape index (κ2) is 5.46. The first-order chi connectivity index (χ1) is 9.05. The van der Waals surface area contributed by atoms with Crippen molar-refractivity contribution in [3.63, 3.8) is 0 Å². The van der Waals surface area contributed by atoms with Crippen LogP contribution in [0.1, 0.15) is 10.4 Å². The first-order valence-electron chi connectivity index (χ1n) is 6.06. The zero-order valence-corrected chi connectivity index (χ0v) is 11.1. The molecular weight excluding hydrogens is 246 g/mol. The average Bonchev–Trinajstić information content (AvgIpc) is 2.79. The first kappa shape index (κ1) is 13.6. The number of hydrogen-bond acceptors (Lipinski definition) is 5. The van der Waals surface area contributed by atoms with Gasteiger partial charge in [0.1, 0.15) is 12.2 Å². The van der Waals surface area contributed by atoms with Crippen LogP contribution in [0.4, 0.5) is 11.4 Å². The summed E-state index contributed by atoms with van der Waals surface area (Å²) in [6.45, 7) is 1.01. The van der Waals surface area contributed by atoms with Crippen LogP contribution in [0.2, 0.25) is 0 Å². The van der Waals surface area contributed by atoms with E-state index in [1.165, 1.54) is 0 Å². The molecule has 2 rings (SSSR count). The number of ether oxygens (including phenoxy) is 2. The highest BCUT2D eigenvalue weighted by Crippen LogP contribution is 2.21. The molecule has 1 aliphatic rings. The van der Waals surface area contributed by atoms with Gasteiger partial charge in [-0.15, -0.1) is 0 Å². The van der Waals surface area contributed by atoms with Gasteiger partial charge < -0.3 is 25.8 Å². The second-order valence-corrected chi connectivity index (χ2v) is 4.65. The van der Waals surface area contributed by atoms with Crippen LogP contribution in [0.5, 0.6) is 0 Å². The lowest BCUT2D eigenvalue weighted by Crippen LogP contribution is -2.30. The highest BCUT2D eigenvalue weighted by atomic mass is 16.5. The molecule has 2 atom stereocenters. The summed E-state index contributed by atoms with van der Waals surface area (Å²) in [4.78, 5) is 14.1. The summed E-state index contributed by atoms with van der Waals surface area (Å²) in [5.41, 5.74) is 12.9. The van der Waals surface area contributed by atoms with Gasteiger partial charge in [0.25, 0.3) is 5.91 Å². The fourth-order valence-corrected chi connectivity index (χ4v) is 2.35. The number of hydrogen-bond donors (Lipinski definition) is 2. The van der Waals surface area contributed by atoms with Crippen molar-refractivity contribution in [2.24, 2.45) is 0 Å². The maximum Gasteiger partial charge on any atom is 0.254 e. The summed E-state index contributed by atoms with van der Waals surface area (Å²) >= 11 is 0. The molecule has 104 valence electrons. The predicted octanol–water partition coefficient (Wildman–Crippen LogP) is 0.337. The van der Waals surface area contributed by atoms with E-state index in [9.17, 15) is 4.79 Å². The van der Waals surface area contributed by atoms with Crippen LogP contribution in [0, 0.1) is 0 Å². The van der Waals surface area contributed by atoms with Gasteiger partial charge in [-0.05, 0) is 18.2 Å². The summed E-state index contributed by atoms with van der Waals surface area (Å²) in [6, 6.07) is 4.87. The number of methoxy groups -OCH3 is 2. The molecule has 1 saturated heterocycles. The summed E-state index contributed by atoms with van der Waals surface area (Å²) in [6.07, 6.45) is -0.209. The van der Waals surface area contributed by atoms with Gasteiger partial charge in [-0.2, -0.15) is 0 Å². The van der Waals surface area contributed by atoms with Gasteiger partial charge >= 0.3 is 0 Å². The molecular formula is C13H19N3O3. The third-order valence-corrected chi connectivity index (χ3v) is 3.33. The number of nitrogens with two attached hydrogens (primary N) is 2. The van der Waals surface area contributed by atoms with Crippen molar-refractivity contribution in [1.82, 2.24) is 4.90 Å². The molecule has 19 heavy (non-hydrogen) atoms. The molecule has 1 heterocycles. The number of nitrogens with zero attached hydrogens (tertiary/aromatic N) is 1. The third kappa shape index (κ3) is 2.80. The largest absolute Gasteiger partial charge is 0.399 e. The lowest BCUT2D eigenvalue weighted by Gasteiger charge is -2.16.